The number of esters is 1. The Balaban J connectivity index is 1.68. The lowest BCUT2D eigenvalue weighted by Gasteiger charge is -2.24. The highest BCUT2D eigenvalue weighted by molar-refractivity contribution is 7.89. The van der Waals surface area contributed by atoms with Gasteiger partial charge < -0.3 is 9.64 Å². The zero-order chi connectivity index (χ0) is 23.1. The van der Waals surface area contributed by atoms with Crippen molar-refractivity contribution in [3.05, 3.63) is 60.2 Å². The van der Waals surface area contributed by atoms with Crippen LogP contribution in [0, 0.1) is 18.3 Å². The van der Waals surface area contributed by atoms with Gasteiger partial charge in [0.15, 0.2) is 6.61 Å². The topological polar surface area (TPSA) is 108 Å². The predicted molar refractivity (Wildman–Crippen MR) is 118 cm³/mol. The Kier molecular flexibility index (Phi) is 7.62. The van der Waals surface area contributed by atoms with Crippen molar-refractivity contribution in [3.8, 4) is 6.07 Å². The van der Waals surface area contributed by atoms with Crippen LogP contribution in [0.5, 0.6) is 0 Å². The van der Waals surface area contributed by atoms with Crippen molar-refractivity contribution in [2.24, 2.45) is 0 Å². The first kappa shape index (κ1) is 23.4. The monoisotopic (exact) mass is 455 g/mol. The van der Waals surface area contributed by atoms with Crippen LogP contribution in [-0.4, -0.2) is 50.3 Å². The van der Waals surface area contributed by atoms with Crippen LogP contribution in [0.15, 0.2) is 59.5 Å². The molecule has 2 aromatic rings. The number of nitrogens with zero attached hydrogens (tertiary/aromatic N) is 3. The van der Waals surface area contributed by atoms with E-state index in [1.54, 1.807) is 42.5 Å². The average Bonchev–Trinajstić information content (AvgIpc) is 3.30. The summed E-state index contributed by atoms with van der Waals surface area (Å²) in [6.07, 6.45) is 0.978. The molecule has 8 nitrogen and oxygen atoms in total. The van der Waals surface area contributed by atoms with E-state index in [1.165, 1.54) is 17.0 Å². The molecule has 1 aliphatic rings. The number of ether oxygens (including phenoxy) is 1. The van der Waals surface area contributed by atoms with Gasteiger partial charge in [0.1, 0.15) is 6.04 Å². The molecule has 2 aromatic carbocycles. The van der Waals surface area contributed by atoms with Gasteiger partial charge >= 0.3 is 5.97 Å². The summed E-state index contributed by atoms with van der Waals surface area (Å²) in [6.45, 7) is 1.70. The molecule has 0 aromatic heterocycles. The lowest BCUT2D eigenvalue weighted by molar-refractivity contribution is -0.151. The van der Waals surface area contributed by atoms with E-state index < -0.39 is 34.5 Å². The van der Waals surface area contributed by atoms with E-state index >= 15 is 0 Å². The summed E-state index contributed by atoms with van der Waals surface area (Å²) in [4.78, 5) is 26.9. The second-order valence-corrected chi connectivity index (χ2v) is 9.37. The van der Waals surface area contributed by atoms with Crippen molar-refractivity contribution in [1.82, 2.24) is 4.31 Å². The van der Waals surface area contributed by atoms with Crippen molar-refractivity contribution in [2.45, 2.75) is 37.1 Å². The minimum Gasteiger partial charge on any atom is -0.454 e. The molecule has 0 bridgehead atoms. The summed E-state index contributed by atoms with van der Waals surface area (Å²) in [5.41, 5.74) is 1.52. The quantitative estimate of drug-likeness (QED) is 0.566. The highest BCUT2D eigenvalue weighted by Crippen LogP contribution is 2.27. The molecule has 1 saturated heterocycles. The number of amides is 1. The van der Waals surface area contributed by atoms with Crippen LogP contribution in [0.25, 0.3) is 0 Å². The Labute approximate surface area is 188 Å². The molecular weight excluding hydrogens is 430 g/mol. The van der Waals surface area contributed by atoms with E-state index in [-0.39, 0.29) is 24.4 Å². The predicted octanol–water partition coefficient (Wildman–Crippen LogP) is 2.64. The van der Waals surface area contributed by atoms with Gasteiger partial charge in [-0.15, -0.1) is 0 Å². The molecule has 3 rings (SSSR count). The second-order valence-electron chi connectivity index (χ2n) is 7.48. The van der Waals surface area contributed by atoms with Gasteiger partial charge in [-0.2, -0.15) is 9.57 Å². The number of rotatable bonds is 8. The summed E-state index contributed by atoms with van der Waals surface area (Å²) < 4.78 is 32.4. The van der Waals surface area contributed by atoms with E-state index in [4.69, 9.17) is 10.00 Å². The number of sulfonamides is 1. The molecule has 0 saturated carbocycles. The third-order valence-corrected chi connectivity index (χ3v) is 7.18. The largest absolute Gasteiger partial charge is 0.454 e. The normalized spacial score (nSPS) is 16.3. The van der Waals surface area contributed by atoms with Gasteiger partial charge in [0.25, 0.3) is 5.91 Å². The van der Waals surface area contributed by atoms with E-state index in [9.17, 15) is 18.0 Å². The Morgan fingerprint density at radius 2 is 1.84 bits per heavy atom. The van der Waals surface area contributed by atoms with E-state index in [2.05, 4.69) is 0 Å². The minimum absolute atomic E-state index is 0.116. The second kappa shape index (κ2) is 10.4. The number of nitriles is 1. The third kappa shape index (κ3) is 5.33. The Morgan fingerprint density at radius 3 is 2.50 bits per heavy atom. The third-order valence-electron chi connectivity index (χ3n) is 5.26. The highest BCUT2D eigenvalue weighted by atomic mass is 32.2. The standard InChI is InChI=1S/C23H25N3O5S/c1-18-10-12-20(13-11-18)32(29,30)26-16-5-9-21(26)23(28)31-17-22(27)25(15-6-14-24)19-7-3-2-4-8-19/h2-4,7-8,10-13,21H,5-6,9,15-17H2,1H3. The van der Waals surface area contributed by atoms with Crippen LogP contribution in [-0.2, 0) is 24.3 Å². The summed E-state index contributed by atoms with van der Waals surface area (Å²) in [7, 11) is -3.86. The summed E-state index contributed by atoms with van der Waals surface area (Å²) in [6, 6.07) is 16.2. The van der Waals surface area contributed by atoms with Gasteiger partial charge in [-0.3, -0.25) is 9.59 Å². The number of carbonyl (C=O) groups is 2. The maximum Gasteiger partial charge on any atom is 0.324 e. The van der Waals surface area contributed by atoms with Crippen LogP contribution >= 0.6 is 0 Å². The Hall–Kier alpha value is -3.22. The SMILES string of the molecule is Cc1ccc(S(=O)(=O)N2CCCC2C(=O)OCC(=O)N(CCC#N)c2ccccc2)cc1. The van der Waals surface area contributed by atoms with Crippen molar-refractivity contribution in [3.63, 3.8) is 0 Å². The van der Waals surface area contributed by atoms with Crippen LogP contribution < -0.4 is 4.90 Å². The average molecular weight is 456 g/mol. The van der Waals surface area contributed by atoms with Crippen LogP contribution in [0.2, 0.25) is 0 Å². The zero-order valence-electron chi connectivity index (χ0n) is 17.8. The lowest BCUT2D eigenvalue weighted by Crippen LogP contribution is -2.43. The zero-order valence-corrected chi connectivity index (χ0v) is 18.6. The molecule has 1 fully saturated rings. The number of hydrogen-bond donors (Lipinski definition) is 0. The lowest BCUT2D eigenvalue weighted by atomic mass is 10.2. The molecule has 0 aliphatic carbocycles. The summed E-state index contributed by atoms with van der Waals surface area (Å²) in [5.74, 6) is -1.23. The number of para-hydroxylation sites is 1. The maximum atomic E-state index is 13.0. The first-order valence-electron chi connectivity index (χ1n) is 10.3. The van der Waals surface area contributed by atoms with E-state index in [0.717, 1.165) is 9.87 Å². The van der Waals surface area contributed by atoms with Crippen molar-refractivity contribution >= 4 is 27.6 Å². The van der Waals surface area contributed by atoms with E-state index in [0.29, 0.717) is 18.5 Å². The smallest absolute Gasteiger partial charge is 0.324 e. The van der Waals surface area contributed by atoms with Crippen molar-refractivity contribution in [2.75, 3.05) is 24.6 Å². The minimum atomic E-state index is -3.86. The van der Waals surface area contributed by atoms with Gasteiger partial charge in [-0.05, 0) is 44.0 Å². The molecule has 1 heterocycles. The number of carbonyl (C=O) groups excluding carboxylic acids is 2. The molecule has 0 radical (unpaired) electrons. The van der Waals surface area contributed by atoms with Crippen LogP contribution in [0.4, 0.5) is 5.69 Å². The van der Waals surface area contributed by atoms with E-state index in [1.807, 2.05) is 13.0 Å². The van der Waals surface area contributed by atoms with Gasteiger partial charge in [0.2, 0.25) is 10.0 Å². The number of anilines is 1. The molecule has 32 heavy (non-hydrogen) atoms. The van der Waals surface area contributed by atoms with Gasteiger partial charge in [0, 0.05) is 18.8 Å². The summed E-state index contributed by atoms with van der Waals surface area (Å²) in [5, 5.41) is 8.88. The van der Waals surface area contributed by atoms with Gasteiger partial charge in [-0.25, -0.2) is 8.42 Å². The molecule has 1 unspecified atom stereocenters. The van der Waals surface area contributed by atoms with Gasteiger partial charge in [0.05, 0.1) is 17.4 Å². The number of benzene rings is 2. The Morgan fingerprint density at radius 1 is 1.16 bits per heavy atom. The van der Waals surface area contributed by atoms with Crippen molar-refractivity contribution < 1.29 is 22.7 Å². The number of aryl methyl sites for hydroxylation is 1. The first-order valence-corrected chi connectivity index (χ1v) is 11.8. The fourth-order valence-electron chi connectivity index (χ4n) is 3.58. The maximum absolute atomic E-state index is 13.0. The Bertz CT molecular complexity index is 1090. The van der Waals surface area contributed by atoms with Crippen LogP contribution in [0.1, 0.15) is 24.8 Å². The molecule has 9 heteroatoms. The molecule has 0 N–H and O–H groups in total. The molecule has 1 aliphatic heterocycles. The summed E-state index contributed by atoms with van der Waals surface area (Å²) >= 11 is 0. The number of hydrogen-bond acceptors (Lipinski definition) is 6. The fourth-order valence-corrected chi connectivity index (χ4v) is 5.23. The highest BCUT2D eigenvalue weighted by Gasteiger charge is 2.40. The van der Waals surface area contributed by atoms with Crippen molar-refractivity contribution in [1.29, 1.82) is 5.26 Å². The molecular formula is C23H25N3O5S. The van der Waals surface area contributed by atoms with Gasteiger partial charge in [-0.1, -0.05) is 35.9 Å². The molecule has 0 spiro atoms. The molecule has 1 amide bonds. The first-order chi connectivity index (χ1) is 15.3. The fraction of sp³-hybridized carbons (Fsp3) is 0.348. The van der Waals surface area contributed by atoms with Crippen LogP contribution in [0.3, 0.4) is 0 Å². The molecule has 168 valence electrons. The molecule has 1 atom stereocenters.